The highest BCUT2D eigenvalue weighted by Gasteiger charge is 2.42. The van der Waals surface area contributed by atoms with Crippen LogP contribution in [0.4, 0.5) is 4.79 Å². The molecule has 2 saturated heterocycles. The maximum absolute atomic E-state index is 13.3. The molecule has 10 nitrogen and oxygen atoms in total. The normalized spacial score (nSPS) is 21.9. The van der Waals surface area contributed by atoms with Crippen molar-refractivity contribution in [2.24, 2.45) is 11.8 Å². The number of likely N-dealkylation sites (tertiary alicyclic amines) is 1. The van der Waals surface area contributed by atoms with Crippen molar-refractivity contribution >= 4 is 23.9 Å². The minimum absolute atomic E-state index is 0.122. The molecule has 226 valence electrons. The lowest BCUT2D eigenvalue weighted by molar-refractivity contribution is -0.150. The number of carboxylic acid groups (broad SMARTS) is 1. The van der Waals surface area contributed by atoms with Crippen LogP contribution in [0.25, 0.3) is 0 Å². The third kappa shape index (κ3) is 9.30. The molecule has 0 spiro atoms. The van der Waals surface area contributed by atoms with Gasteiger partial charge in [-0.1, -0.05) is 60.7 Å². The fourth-order valence-corrected chi connectivity index (χ4v) is 5.78. The van der Waals surface area contributed by atoms with E-state index in [9.17, 15) is 24.3 Å². The van der Waals surface area contributed by atoms with Crippen LogP contribution >= 0.6 is 0 Å². The Morgan fingerprint density at radius 2 is 1.62 bits per heavy atom. The Morgan fingerprint density at radius 3 is 2.33 bits per heavy atom. The summed E-state index contributed by atoms with van der Waals surface area (Å²) in [5, 5.41) is 18.7. The van der Waals surface area contributed by atoms with Gasteiger partial charge < -0.3 is 30.7 Å². The number of unbranched alkanes of at least 4 members (excludes halogenated alkanes) is 2. The van der Waals surface area contributed by atoms with Gasteiger partial charge in [0.05, 0.1) is 5.92 Å². The van der Waals surface area contributed by atoms with Crippen LogP contribution in [0.2, 0.25) is 0 Å². The van der Waals surface area contributed by atoms with Crippen molar-refractivity contribution in [1.29, 1.82) is 0 Å². The summed E-state index contributed by atoms with van der Waals surface area (Å²) in [6.07, 6.45) is 3.28. The molecular formula is C32H42N4O6. The number of benzene rings is 2. The van der Waals surface area contributed by atoms with Gasteiger partial charge in [-0.15, -0.1) is 0 Å². The largest absolute Gasteiger partial charge is 0.481 e. The molecule has 4 atom stereocenters. The molecule has 42 heavy (non-hydrogen) atoms. The second-order valence-electron chi connectivity index (χ2n) is 11.2. The summed E-state index contributed by atoms with van der Waals surface area (Å²) >= 11 is 0. The standard InChI is InChI=1S/C32H42N4O6/c37-28(33-15-8-3-9-16-34-32(41)42-22-23-10-4-1-5-11-23)19-24-18-27(31(39)40)29(35-20-24)30(38)36-17-14-26(21-36)25-12-6-2-7-13-25/h1-2,4-7,10-13,24,26-27,29,35H,3,8-9,14-22H2,(H,33,37)(H,34,41)(H,39,40)/t24?,26?,27-,29-/m0/s1. The molecule has 0 bridgehead atoms. The summed E-state index contributed by atoms with van der Waals surface area (Å²) in [5.74, 6) is -2.06. The molecule has 2 fully saturated rings. The maximum Gasteiger partial charge on any atom is 0.407 e. The Kier molecular flexibility index (Phi) is 11.8. The molecule has 4 N–H and O–H groups in total. The second-order valence-corrected chi connectivity index (χ2v) is 11.2. The molecule has 10 heteroatoms. The van der Waals surface area contributed by atoms with E-state index >= 15 is 0 Å². The average Bonchev–Trinajstić information content (AvgIpc) is 3.51. The van der Waals surface area contributed by atoms with Gasteiger partial charge in [0.1, 0.15) is 12.6 Å². The van der Waals surface area contributed by atoms with E-state index in [0.29, 0.717) is 32.7 Å². The number of piperidine rings is 1. The predicted molar refractivity (Wildman–Crippen MR) is 158 cm³/mol. The molecule has 3 amide bonds. The Morgan fingerprint density at radius 1 is 0.929 bits per heavy atom. The van der Waals surface area contributed by atoms with E-state index < -0.39 is 24.0 Å². The van der Waals surface area contributed by atoms with E-state index in [-0.39, 0.29) is 43.1 Å². The average molecular weight is 579 g/mol. The molecule has 2 aliphatic heterocycles. The fraction of sp³-hybridized carbons (Fsp3) is 0.500. The summed E-state index contributed by atoms with van der Waals surface area (Å²) in [5.41, 5.74) is 2.12. The van der Waals surface area contributed by atoms with Crippen molar-refractivity contribution in [2.45, 2.75) is 57.1 Å². The van der Waals surface area contributed by atoms with Crippen molar-refractivity contribution in [3.63, 3.8) is 0 Å². The highest BCUT2D eigenvalue weighted by Crippen LogP contribution is 2.30. The van der Waals surface area contributed by atoms with Gasteiger partial charge in [0.25, 0.3) is 0 Å². The first-order valence-electron chi connectivity index (χ1n) is 14.9. The first-order chi connectivity index (χ1) is 20.4. The second kappa shape index (κ2) is 15.9. The predicted octanol–water partition coefficient (Wildman–Crippen LogP) is 3.28. The van der Waals surface area contributed by atoms with E-state index in [1.54, 1.807) is 4.90 Å². The summed E-state index contributed by atoms with van der Waals surface area (Å²) in [6, 6.07) is 18.8. The van der Waals surface area contributed by atoms with E-state index in [0.717, 1.165) is 31.2 Å². The third-order valence-corrected chi connectivity index (χ3v) is 8.10. The molecule has 2 heterocycles. The van der Waals surface area contributed by atoms with Crippen LogP contribution in [0.1, 0.15) is 55.6 Å². The third-order valence-electron chi connectivity index (χ3n) is 8.10. The van der Waals surface area contributed by atoms with Crippen LogP contribution < -0.4 is 16.0 Å². The maximum atomic E-state index is 13.3. The van der Waals surface area contributed by atoms with E-state index in [4.69, 9.17) is 4.74 Å². The Balaban J connectivity index is 1.09. The monoisotopic (exact) mass is 578 g/mol. The van der Waals surface area contributed by atoms with Crippen molar-refractivity contribution in [1.82, 2.24) is 20.9 Å². The number of carbonyl (C=O) groups is 4. The van der Waals surface area contributed by atoms with Gasteiger partial charge in [-0.3, -0.25) is 14.4 Å². The Bertz CT molecular complexity index is 1180. The minimum atomic E-state index is -1.01. The van der Waals surface area contributed by atoms with Gasteiger partial charge >= 0.3 is 12.1 Å². The fourth-order valence-electron chi connectivity index (χ4n) is 5.78. The van der Waals surface area contributed by atoms with Crippen molar-refractivity contribution < 1.29 is 29.0 Å². The molecule has 4 rings (SSSR count). The number of hydrogen-bond donors (Lipinski definition) is 4. The number of aliphatic carboxylic acids is 1. The SMILES string of the molecule is O=C(CC1CN[C@H](C(=O)N2CCC(c3ccccc3)C2)[C@@H](C(=O)O)C1)NCCCCCNC(=O)OCc1ccccc1. The van der Waals surface area contributed by atoms with Gasteiger partial charge in [0, 0.05) is 38.5 Å². The summed E-state index contributed by atoms with van der Waals surface area (Å²) < 4.78 is 5.18. The Hall–Kier alpha value is -3.92. The number of carbonyl (C=O) groups excluding carboxylic acids is 3. The van der Waals surface area contributed by atoms with Crippen LogP contribution in [-0.4, -0.2) is 72.6 Å². The Labute approximate surface area is 247 Å². The molecule has 0 saturated carbocycles. The van der Waals surface area contributed by atoms with Crippen molar-refractivity contribution in [3.8, 4) is 0 Å². The number of carboxylic acids is 1. The lowest BCUT2D eigenvalue weighted by Crippen LogP contribution is -2.56. The number of hydrogen-bond acceptors (Lipinski definition) is 6. The molecule has 0 radical (unpaired) electrons. The number of amides is 3. The van der Waals surface area contributed by atoms with Crippen LogP contribution in [0, 0.1) is 11.8 Å². The smallest absolute Gasteiger partial charge is 0.407 e. The highest BCUT2D eigenvalue weighted by molar-refractivity contribution is 5.88. The molecular weight excluding hydrogens is 536 g/mol. The summed E-state index contributed by atoms with van der Waals surface area (Å²) in [4.78, 5) is 51.5. The highest BCUT2D eigenvalue weighted by atomic mass is 16.5. The van der Waals surface area contributed by atoms with Gasteiger partial charge in [-0.05, 0) is 55.7 Å². The minimum Gasteiger partial charge on any atom is -0.481 e. The molecule has 2 aromatic rings. The zero-order valence-electron chi connectivity index (χ0n) is 24.0. The van der Waals surface area contributed by atoms with Gasteiger partial charge in [-0.2, -0.15) is 0 Å². The molecule has 0 aromatic heterocycles. The van der Waals surface area contributed by atoms with Crippen LogP contribution in [-0.2, 0) is 25.7 Å². The molecule has 2 aliphatic rings. The number of nitrogens with one attached hydrogen (secondary N) is 3. The quantitative estimate of drug-likeness (QED) is 0.268. The van der Waals surface area contributed by atoms with Crippen molar-refractivity contribution in [3.05, 3.63) is 71.8 Å². The van der Waals surface area contributed by atoms with E-state index in [1.807, 2.05) is 48.5 Å². The number of alkyl carbamates (subject to hydrolysis) is 1. The van der Waals surface area contributed by atoms with Gasteiger partial charge in [-0.25, -0.2) is 4.79 Å². The summed E-state index contributed by atoms with van der Waals surface area (Å²) in [7, 11) is 0. The molecule has 2 aromatic carbocycles. The van der Waals surface area contributed by atoms with Crippen LogP contribution in [0.5, 0.6) is 0 Å². The van der Waals surface area contributed by atoms with Crippen molar-refractivity contribution in [2.75, 3.05) is 32.7 Å². The van der Waals surface area contributed by atoms with Crippen LogP contribution in [0.3, 0.4) is 0 Å². The molecule has 2 unspecified atom stereocenters. The number of rotatable bonds is 13. The van der Waals surface area contributed by atoms with Crippen LogP contribution in [0.15, 0.2) is 60.7 Å². The molecule has 0 aliphatic carbocycles. The zero-order valence-corrected chi connectivity index (χ0v) is 24.0. The first-order valence-corrected chi connectivity index (χ1v) is 14.9. The lowest BCUT2D eigenvalue weighted by atomic mass is 9.82. The number of ether oxygens (including phenoxy) is 1. The topological polar surface area (TPSA) is 137 Å². The lowest BCUT2D eigenvalue weighted by Gasteiger charge is -2.35. The van der Waals surface area contributed by atoms with Gasteiger partial charge in [0.2, 0.25) is 11.8 Å². The van der Waals surface area contributed by atoms with E-state index in [2.05, 4.69) is 28.1 Å². The van der Waals surface area contributed by atoms with Gasteiger partial charge in [0.15, 0.2) is 0 Å². The number of nitrogens with zero attached hydrogens (tertiary/aromatic N) is 1. The zero-order chi connectivity index (χ0) is 29.7. The summed E-state index contributed by atoms with van der Waals surface area (Å²) in [6.45, 7) is 2.87. The first kappa shape index (κ1) is 31.0. The van der Waals surface area contributed by atoms with E-state index in [1.165, 1.54) is 5.56 Å².